The van der Waals surface area contributed by atoms with E-state index in [2.05, 4.69) is 0 Å². The Morgan fingerprint density at radius 1 is 1.36 bits per heavy atom. The SMILES string of the molecule is NC(CC(=O)O)=C(Cl)C(=O)O. The number of hydrogen-bond donors (Lipinski definition) is 3. The molecule has 11 heavy (non-hydrogen) atoms. The molecule has 5 nitrogen and oxygen atoms in total. The number of carboxylic acid groups (broad SMARTS) is 2. The molecule has 0 radical (unpaired) electrons. The van der Waals surface area contributed by atoms with Gasteiger partial charge in [0.05, 0.1) is 6.42 Å². The van der Waals surface area contributed by atoms with E-state index in [1.165, 1.54) is 0 Å². The van der Waals surface area contributed by atoms with Crippen molar-refractivity contribution in [1.82, 2.24) is 0 Å². The van der Waals surface area contributed by atoms with E-state index in [9.17, 15) is 9.59 Å². The van der Waals surface area contributed by atoms with Gasteiger partial charge in [-0.15, -0.1) is 0 Å². The molecule has 4 N–H and O–H groups in total. The van der Waals surface area contributed by atoms with E-state index < -0.39 is 23.4 Å². The van der Waals surface area contributed by atoms with Crippen LogP contribution in [0.5, 0.6) is 0 Å². The lowest BCUT2D eigenvalue weighted by molar-refractivity contribution is -0.136. The summed E-state index contributed by atoms with van der Waals surface area (Å²) in [6, 6.07) is 0. The molecule has 0 aliphatic rings. The summed E-state index contributed by atoms with van der Waals surface area (Å²) < 4.78 is 0. The quantitative estimate of drug-likeness (QED) is 0.528. The molecule has 0 aromatic carbocycles. The summed E-state index contributed by atoms with van der Waals surface area (Å²) in [6.07, 6.45) is -0.564. The molecule has 0 aromatic heterocycles. The highest BCUT2D eigenvalue weighted by atomic mass is 35.5. The van der Waals surface area contributed by atoms with Gasteiger partial charge in [0.15, 0.2) is 0 Å². The average Bonchev–Trinajstić information content (AvgIpc) is 1.84. The number of aliphatic carboxylic acids is 2. The number of hydrogen-bond acceptors (Lipinski definition) is 3. The highest BCUT2D eigenvalue weighted by molar-refractivity contribution is 6.41. The zero-order valence-electron chi connectivity index (χ0n) is 5.37. The highest BCUT2D eigenvalue weighted by Gasteiger charge is 2.10. The maximum absolute atomic E-state index is 10.1. The fourth-order valence-corrected chi connectivity index (χ4v) is 0.445. The van der Waals surface area contributed by atoms with Crippen molar-refractivity contribution in [1.29, 1.82) is 0 Å². The molecule has 0 saturated carbocycles. The van der Waals surface area contributed by atoms with Crippen molar-refractivity contribution in [2.75, 3.05) is 0 Å². The first-order chi connectivity index (χ1) is 4.95. The Morgan fingerprint density at radius 3 is 2.09 bits per heavy atom. The van der Waals surface area contributed by atoms with Gasteiger partial charge < -0.3 is 15.9 Å². The molecule has 0 saturated heterocycles. The van der Waals surface area contributed by atoms with Gasteiger partial charge in [0.25, 0.3) is 0 Å². The summed E-state index contributed by atoms with van der Waals surface area (Å²) in [5.41, 5.74) is 4.65. The van der Waals surface area contributed by atoms with Crippen molar-refractivity contribution in [3.63, 3.8) is 0 Å². The molecule has 0 bridgehead atoms. The number of nitrogens with two attached hydrogens (primary N) is 1. The normalized spacial score (nSPS) is 12.1. The molecule has 0 spiro atoms. The van der Waals surface area contributed by atoms with Crippen LogP contribution in [0.3, 0.4) is 0 Å². The zero-order valence-corrected chi connectivity index (χ0v) is 6.13. The van der Waals surface area contributed by atoms with E-state index >= 15 is 0 Å². The van der Waals surface area contributed by atoms with Crippen molar-refractivity contribution in [2.24, 2.45) is 5.73 Å². The van der Waals surface area contributed by atoms with Crippen molar-refractivity contribution in [3.05, 3.63) is 10.7 Å². The van der Waals surface area contributed by atoms with E-state index in [1.54, 1.807) is 0 Å². The molecule has 0 aliphatic carbocycles. The van der Waals surface area contributed by atoms with E-state index in [1.807, 2.05) is 0 Å². The Balaban J connectivity index is 4.40. The molecule has 0 aliphatic heterocycles. The van der Waals surface area contributed by atoms with Crippen LogP contribution in [-0.4, -0.2) is 22.2 Å². The lowest BCUT2D eigenvalue weighted by Gasteiger charge is -1.96. The van der Waals surface area contributed by atoms with Crippen LogP contribution in [0, 0.1) is 0 Å². The van der Waals surface area contributed by atoms with E-state index in [0.29, 0.717) is 0 Å². The Bertz CT molecular complexity index is 223. The van der Waals surface area contributed by atoms with E-state index in [0.717, 1.165) is 0 Å². The molecule has 0 unspecified atom stereocenters. The summed E-state index contributed by atoms with van der Waals surface area (Å²) in [5, 5.41) is 15.7. The van der Waals surface area contributed by atoms with Crippen molar-refractivity contribution in [3.8, 4) is 0 Å². The highest BCUT2D eigenvalue weighted by Crippen LogP contribution is 2.07. The predicted molar refractivity (Wildman–Crippen MR) is 37.0 cm³/mol. The fourth-order valence-electron chi connectivity index (χ4n) is 0.378. The molecule has 0 heterocycles. The average molecular weight is 180 g/mol. The molecular formula is C5H6ClNO4. The molecule has 0 fully saturated rings. The molecule has 0 atom stereocenters. The van der Waals surface area contributed by atoms with Crippen molar-refractivity contribution < 1.29 is 19.8 Å². The van der Waals surface area contributed by atoms with Gasteiger partial charge in [0.2, 0.25) is 0 Å². The second-order valence-corrected chi connectivity index (χ2v) is 2.09. The number of carboxylic acids is 2. The largest absolute Gasteiger partial charge is 0.481 e. The van der Waals surface area contributed by atoms with Crippen LogP contribution >= 0.6 is 11.6 Å². The monoisotopic (exact) mass is 179 g/mol. The first-order valence-corrected chi connectivity index (χ1v) is 2.92. The Labute approximate surface area is 67.1 Å². The van der Waals surface area contributed by atoms with Gasteiger partial charge in [-0.3, -0.25) is 4.79 Å². The van der Waals surface area contributed by atoms with Gasteiger partial charge in [0.1, 0.15) is 5.03 Å². The van der Waals surface area contributed by atoms with Crippen LogP contribution in [0.4, 0.5) is 0 Å². The van der Waals surface area contributed by atoms with E-state index in [-0.39, 0.29) is 5.70 Å². The minimum absolute atomic E-state index is 0.355. The van der Waals surface area contributed by atoms with Crippen LogP contribution in [0.2, 0.25) is 0 Å². The van der Waals surface area contributed by atoms with Gasteiger partial charge in [-0.2, -0.15) is 0 Å². The second kappa shape index (κ2) is 3.82. The minimum atomic E-state index is -1.43. The first kappa shape index (κ1) is 9.77. The molecule has 62 valence electrons. The maximum atomic E-state index is 10.1. The van der Waals surface area contributed by atoms with Crippen LogP contribution in [0.15, 0.2) is 10.7 Å². The lowest BCUT2D eigenvalue weighted by atomic mass is 10.3. The fraction of sp³-hybridized carbons (Fsp3) is 0.200. The second-order valence-electron chi connectivity index (χ2n) is 1.71. The minimum Gasteiger partial charge on any atom is -0.481 e. The van der Waals surface area contributed by atoms with Crippen LogP contribution in [0.25, 0.3) is 0 Å². The van der Waals surface area contributed by atoms with Crippen molar-refractivity contribution >= 4 is 23.5 Å². The maximum Gasteiger partial charge on any atom is 0.349 e. The van der Waals surface area contributed by atoms with Crippen LogP contribution in [0.1, 0.15) is 6.42 Å². The molecule has 6 heteroatoms. The summed E-state index contributed by atoms with van der Waals surface area (Å²) >= 11 is 5.10. The smallest absolute Gasteiger partial charge is 0.349 e. The van der Waals surface area contributed by atoms with Crippen LogP contribution in [-0.2, 0) is 9.59 Å². The summed E-state index contributed by atoms with van der Waals surface area (Å²) in [4.78, 5) is 20.0. The van der Waals surface area contributed by atoms with Gasteiger partial charge in [-0.1, -0.05) is 11.6 Å². The Morgan fingerprint density at radius 2 is 1.82 bits per heavy atom. The van der Waals surface area contributed by atoms with Gasteiger partial charge in [-0.05, 0) is 0 Å². The van der Waals surface area contributed by atoms with Crippen LogP contribution < -0.4 is 5.73 Å². The third kappa shape index (κ3) is 3.47. The third-order valence-electron chi connectivity index (χ3n) is 0.811. The van der Waals surface area contributed by atoms with Gasteiger partial charge in [0, 0.05) is 5.70 Å². The Kier molecular flexibility index (Phi) is 3.39. The molecule has 0 rings (SSSR count). The Hall–Kier alpha value is -1.23. The zero-order chi connectivity index (χ0) is 9.02. The van der Waals surface area contributed by atoms with Crippen molar-refractivity contribution in [2.45, 2.75) is 6.42 Å². The third-order valence-corrected chi connectivity index (χ3v) is 1.22. The van der Waals surface area contributed by atoms with Gasteiger partial charge >= 0.3 is 11.9 Å². The van der Waals surface area contributed by atoms with Gasteiger partial charge in [-0.25, -0.2) is 4.79 Å². The standard InChI is InChI=1S/C5H6ClNO4/c6-4(5(10)11)2(7)1-3(8)9/h1,7H2,(H,8,9)(H,10,11). The number of carbonyl (C=O) groups is 2. The molecular weight excluding hydrogens is 174 g/mol. The number of halogens is 1. The molecule has 0 amide bonds. The lowest BCUT2D eigenvalue weighted by Crippen LogP contribution is -2.10. The summed E-state index contributed by atoms with van der Waals surface area (Å²) in [7, 11) is 0. The number of rotatable bonds is 3. The predicted octanol–water partition coefficient (Wildman–Crippen LogP) is -0.0452. The topological polar surface area (TPSA) is 101 Å². The summed E-state index contributed by atoms with van der Waals surface area (Å²) in [6.45, 7) is 0. The van der Waals surface area contributed by atoms with E-state index in [4.69, 9.17) is 27.5 Å². The first-order valence-electron chi connectivity index (χ1n) is 2.54. The summed E-state index contributed by atoms with van der Waals surface area (Å²) in [5.74, 6) is -2.65. The molecule has 0 aromatic rings.